The number of hydrogen-bond donors (Lipinski definition) is 5. The lowest BCUT2D eigenvalue weighted by molar-refractivity contribution is -0.173. The second kappa shape index (κ2) is 11.6. The zero-order valence-corrected chi connectivity index (χ0v) is 21.7. The Labute approximate surface area is 209 Å². The third-order valence-corrected chi connectivity index (χ3v) is 7.86. The summed E-state index contributed by atoms with van der Waals surface area (Å²) in [5, 5.41) is 37.4. The van der Waals surface area contributed by atoms with Gasteiger partial charge in [-0.15, -0.1) is 0 Å². The molecule has 0 bridgehead atoms. The Morgan fingerprint density at radius 3 is 2.77 bits per heavy atom. The largest absolute Gasteiger partial charge is 0.431 e. The number of carbonyl (C=O) groups excluding carboxylic acids is 1. The molecule has 0 aromatic carbocycles. The van der Waals surface area contributed by atoms with Crippen LogP contribution in [0.3, 0.4) is 0 Å². The van der Waals surface area contributed by atoms with Crippen LogP contribution in [0.15, 0.2) is 36.8 Å². The number of pyridine rings is 1. The average molecular weight is 533 g/mol. The minimum Gasteiger partial charge on any atom is -0.431 e. The van der Waals surface area contributed by atoms with Crippen molar-refractivity contribution >= 4 is 24.4 Å². The van der Waals surface area contributed by atoms with Crippen molar-refractivity contribution in [3.63, 3.8) is 0 Å². The van der Waals surface area contributed by atoms with Crippen molar-refractivity contribution in [2.75, 3.05) is 13.2 Å². The van der Waals surface area contributed by atoms with Crippen molar-refractivity contribution < 1.29 is 38.6 Å². The first-order valence-electron chi connectivity index (χ1n) is 11.1. The van der Waals surface area contributed by atoms with Crippen LogP contribution in [0.4, 0.5) is 0 Å². The van der Waals surface area contributed by atoms with Crippen LogP contribution in [0.5, 0.6) is 5.75 Å². The first-order chi connectivity index (χ1) is 16.4. The lowest BCUT2D eigenvalue weighted by atomic mass is 9.96. The maximum absolute atomic E-state index is 11.5. The first-order valence-corrected chi connectivity index (χ1v) is 13.8. The summed E-state index contributed by atoms with van der Waals surface area (Å²) in [7, 11) is 0. The molecule has 7 atom stereocenters. The molecule has 0 radical (unpaired) electrons. The van der Waals surface area contributed by atoms with Crippen LogP contribution in [-0.4, -0.2) is 86.9 Å². The third-order valence-electron chi connectivity index (χ3n) is 5.30. The van der Waals surface area contributed by atoms with Gasteiger partial charge in [-0.25, -0.2) is 5.09 Å². The van der Waals surface area contributed by atoms with E-state index < -0.39 is 42.9 Å². The number of carbonyl (C=O) groups is 1. The molecule has 196 valence electrons. The maximum Gasteiger partial charge on any atom is 0.313 e. The van der Waals surface area contributed by atoms with Gasteiger partial charge >= 0.3 is 6.64 Å². The van der Waals surface area contributed by atoms with Crippen LogP contribution in [0, 0.1) is 0 Å². The van der Waals surface area contributed by atoms with Crippen molar-refractivity contribution in [2.24, 2.45) is 0 Å². The molecule has 0 spiro atoms. The van der Waals surface area contributed by atoms with Gasteiger partial charge in [-0.3, -0.25) is 9.78 Å². The Hall–Kier alpha value is -1.67. The Balaban J connectivity index is 1.72. The van der Waals surface area contributed by atoms with Gasteiger partial charge < -0.3 is 44.1 Å². The van der Waals surface area contributed by atoms with E-state index in [9.17, 15) is 20.1 Å². The highest BCUT2D eigenvalue weighted by molar-refractivity contribution is 8.09. The summed E-state index contributed by atoms with van der Waals surface area (Å²) in [5.74, 6) is -0.0999. The monoisotopic (exact) mass is 532 g/mol. The summed E-state index contributed by atoms with van der Waals surface area (Å²) in [6.07, 6.45) is 0.553. The number of amides is 1. The Morgan fingerprint density at radius 2 is 2.14 bits per heavy atom. The molecule has 14 heteroatoms. The van der Waals surface area contributed by atoms with Gasteiger partial charge in [0.1, 0.15) is 23.6 Å². The fourth-order valence-corrected chi connectivity index (χ4v) is 6.04. The van der Waals surface area contributed by atoms with Gasteiger partial charge in [0.05, 0.1) is 25.5 Å². The van der Waals surface area contributed by atoms with E-state index in [4.69, 9.17) is 30.3 Å². The van der Waals surface area contributed by atoms with E-state index in [-0.39, 0.29) is 18.8 Å². The maximum atomic E-state index is 11.5. The van der Waals surface area contributed by atoms with E-state index >= 15 is 0 Å². The molecular weight excluding hydrogens is 499 g/mol. The third kappa shape index (κ3) is 7.19. The fourth-order valence-electron chi connectivity index (χ4n) is 3.54. The predicted molar refractivity (Wildman–Crippen MR) is 129 cm³/mol. The molecule has 1 fully saturated rings. The standard InChI is InChI=1S/C21H33N4O8PS/c1-13(2)30-11-14(3)24-34(35,33-15-6-5-8-22-10-15)31-12-16-18(27)21(4,29)19(32-16)25-9-7-17(26)23-20(25)28/h5-10,13-14,16,18-20,27-29H,11-12H2,1-4H3,(H,23,26)(H,24,35). The highest BCUT2D eigenvalue weighted by Gasteiger charge is 2.55. The van der Waals surface area contributed by atoms with E-state index in [1.807, 2.05) is 20.8 Å². The van der Waals surface area contributed by atoms with Crippen LogP contribution in [0.1, 0.15) is 27.7 Å². The summed E-state index contributed by atoms with van der Waals surface area (Å²) in [6, 6.07) is 3.17. The second-order valence-electron chi connectivity index (χ2n) is 8.83. The van der Waals surface area contributed by atoms with E-state index in [2.05, 4.69) is 15.4 Å². The van der Waals surface area contributed by atoms with Crippen molar-refractivity contribution in [2.45, 2.75) is 70.2 Å². The molecule has 12 nitrogen and oxygen atoms in total. The van der Waals surface area contributed by atoms with Gasteiger partial charge in [-0.05, 0) is 51.6 Å². The first kappa shape index (κ1) is 27.9. The molecule has 3 rings (SSSR count). The Kier molecular flexibility index (Phi) is 9.24. The second-order valence-corrected chi connectivity index (χ2v) is 12.0. The van der Waals surface area contributed by atoms with Crippen LogP contribution in [0.25, 0.3) is 0 Å². The minimum atomic E-state index is -3.19. The summed E-state index contributed by atoms with van der Waals surface area (Å²) in [6.45, 7) is 4.03. The average Bonchev–Trinajstić information content (AvgIpc) is 3.00. The molecule has 3 heterocycles. The Bertz CT molecular complexity index is 937. The molecule has 5 N–H and O–H groups in total. The highest BCUT2D eigenvalue weighted by atomic mass is 32.5. The van der Waals surface area contributed by atoms with Gasteiger partial charge in [0.25, 0.3) is 0 Å². The summed E-state index contributed by atoms with van der Waals surface area (Å²) in [4.78, 5) is 16.7. The van der Waals surface area contributed by atoms with E-state index in [1.165, 1.54) is 30.3 Å². The highest BCUT2D eigenvalue weighted by Crippen LogP contribution is 2.46. The van der Waals surface area contributed by atoms with Gasteiger partial charge in [0.15, 0.2) is 6.23 Å². The van der Waals surface area contributed by atoms with Crippen molar-refractivity contribution in [1.82, 2.24) is 20.3 Å². The molecule has 1 aromatic heterocycles. The molecule has 1 amide bonds. The molecule has 0 saturated carbocycles. The van der Waals surface area contributed by atoms with Crippen molar-refractivity contribution in [3.8, 4) is 5.75 Å². The number of ether oxygens (including phenoxy) is 2. The summed E-state index contributed by atoms with van der Waals surface area (Å²) >= 11 is 5.72. The topological polar surface area (TPSA) is 155 Å². The van der Waals surface area contributed by atoms with Crippen molar-refractivity contribution in [1.29, 1.82) is 0 Å². The molecule has 1 aromatic rings. The molecule has 7 unspecified atom stereocenters. The van der Waals surface area contributed by atoms with Gasteiger partial charge in [-0.2, -0.15) is 0 Å². The minimum absolute atomic E-state index is 0.0300. The zero-order chi connectivity index (χ0) is 25.8. The predicted octanol–water partition coefficient (Wildman–Crippen LogP) is 0.163. The quantitative estimate of drug-likeness (QED) is 0.247. The normalized spacial score (nSPS) is 31.3. The summed E-state index contributed by atoms with van der Waals surface area (Å²) < 4.78 is 23.4. The molecular formula is C21H33N4O8PS. The van der Waals surface area contributed by atoms with Crippen LogP contribution in [-0.2, 0) is 30.6 Å². The SMILES string of the molecule is CC(COC(C)C)NP(=S)(OCC1OC(N2C=CC(=O)NC2O)C(C)(O)C1O)Oc1cccnc1. The zero-order valence-electron chi connectivity index (χ0n) is 20.0. The van der Waals surface area contributed by atoms with Crippen LogP contribution >= 0.6 is 6.64 Å². The lowest BCUT2D eigenvalue weighted by Gasteiger charge is -2.39. The summed E-state index contributed by atoms with van der Waals surface area (Å²) in [5.41, 5.74) is -1.81. The number of hydrogen-bond acceptors (Lipinski definition) is 11. The Morgan fingerprint density at radius 1 is 1.40 bits per heavy atom. The van der Waals surface area contributed by atoms with Gasteiger partial charge in [-0.1, -0.05) is 0 Å². The number of nitrogens with zero attached hydrogens (tertiary/aromatic N) is 2. The smallest absolute Gasteiger partial charge is 0.313 e. The molecule has 35 heavy (non-hydrogen) atoms. The number of rotatable bonds is 11. The van der Waals surface area contributed by atoms with E-state index in [0.29, 0.717) is 12.4 Å². The van der Waals surface area contributed by atoms with Gasteiger partial charge in [0, 0.05) is 24.5 Å². The number of aliphatic hydroxyl groups excluding tert-OH is 2. The van der Waals surface area contributed by atoms with E-state index in [0.717, 1.165) is 0 Å². The van der Waals surface area contributed by atoms with Crippen LogP contribution < -0.4 is 14.9 Å². The number of aliphatic hydroxyl groups is 3. The number of nitrogens with one attached hydrogen (secondary N) is 2. The number of aromatic nitrogens is 1. The molecule has 2 aliphatic rings. The molecule has 1 saturated heterocycles. The molecule has 2 aliphatic heterocycles. The van der Waals surface area contributed by atoms with Gasteiger partial charge in [0.2, 0.25) is 12.3 Å². The lowest BCUT2D eigenvalue weighted by Crippen LogP contribution is -2.59. The fraction of sp³-hybridized carbons (Fsp3) is 0.619. The van der Waals surface area contributed by atoms with Crippen molar-refractivity contribution in [3.05, 3.63) is 36.8 Å². The van der Waals surface area contributed by atoms with Crippen LogP contribution in [0.2, 0.25) is 0 Å². The molecule has 0 aliphatic carbocycles. The van der Waals surface area contributed by atoms with E-state index in [1.54, 1.807) is 18.3 Å².